The number of carbonyl (C=O) groups excluding carboxylic acids is 1. The van der Waals surface area contributed by atoms with E-state index in [1.165, 1.54) is 6.26 Å². The van der Waals surface area contributed by atoms with E-state index in [1.54, 1.807) is 36.4 Å². The molecule has 7 heteroatoms. The fourth-order valence-corrected chi connectivity index (χ4v) is 2.16. The summed E-state index contributed by atoms with van der Waals surface area (Å²) in [5.74, 6) is 1.70. The first-order valence-corrected chi connectivity index (χ1v) is 6.86. The third-order valence-corrected chi connectivity index (χ3v) is 3.28. The van der Waals surface area contributed by atoms with E-state index in [9.17, 15) is 4.79 Å². The Morgan fingerprint density at radius 2 is 2.04 bits per heavy atom. The van der Waals surface area contributed by atoms with Gasteiger partial charge in [-0.3, -0.25) is 0 Å². The smallest absolute Gasteiger partial charge is 0.338 e. The second kappa shape index (κ2) is 5.53. The van der Waals surface area contributed by atoms with Crippen molar-refractivity contribution in [2.75, 3.05) is 6.79 Å². The SMILES string of the molecule is O=C(OCc1cc(-c2ccco2)on1)c1ccc2c(c1)OCO2. The van der Waals surface area contributed by atoms with Gasteiger partial charge in [-0.15, -0.1) is 0 Å². The number of esters is 1. The van der Waals surface area contributed by atoms with Gasteiger partial charge in [-0.25, -0.2) is 4.79 Å². The third-order valence-electron chi connectivity index (χ3n) is 3.28. The predicted molar refractivity (Wildman–Crippen MR) is 75.9 cm³/mol. The molecule has 0 saturated carbocycles. The number of nitrogens with zero attached hydrogens (tertiary/aromatic N) is 1. The Kier molecular flexibility index (Phi) is 3.23. The fraction of sp³-hybridized carbons (Fsp3) is 0.125. The molecule has 0 N–H and O–H groups in total. The van der Waals surface area contributed by atoms with Crippen LogP contribution in [0.5, 0.6) is 11.5 Å². The van der Waals surface area contributed by atoms with Crippen molar-refractivity contribution in [3.05, 3.63) is 53.9 Å². The van der Waals surface area contributed by atoms with E-state index < -0.39 is 5.97 Å². The molecular weight excluding hydrogens is 302 g/mol. The van der Waals surface area contributed by atoms with Crippen molar-refractivity contribution >= 4 is 5.97 Å². The van der Waals surface area contributed by atoms with Gasteiger partial charge in [-0.2, -0.15) is 0 Å². The summed E-state index contributed by atoms with van der Waals surface area (Å²) < 4.78 is 26.0. The fourth-order valence-electron chi connectivity index (χ4n) is 2.16. The average Bonchev–Trinajstić information content (AvgIpc) is 3.32. The maximum atomic E-state index is 12.1. The molecule has 0 aliphatic carbocycles. The van der Waals surface area contributed by atoms with Gasteiger partial charge < -0.3 is 23.2 Å². The van der Waals surface area contributed by atoms with Gasteiger partial charge in [0.05, 0.1) is 11.8 Å². The molecule has 0 saturated heterocycles. The normalized spacial score (nSPS) is 12.3. The van der Waals surface area contributed by atoms with Gasteiger partial charge in [-0.05, 0) is 30.3 Å². The molecule has 0 spiro atoms. The van der Waals surface area contributed by atoms with Crippen molar-refractivity contribution < 1.29 is 27.9 Å². The first-order chi connectivity index (χ1) is 11.3. The molecule has 1 aromatic carbocycles. The topological polar surface area (TPSA) is 83.9 Å². The molecule has 23 heavy (non-hydrogen) atoms. The summed E-state index contributed by atoms with van der Waals surface area (Å²) in [6.07, 6.45) is 1.54. The summed E-state index contributed by atoms with van der Waals surface area (Å²) in [7, 11) is 0. The highest BCUT2D eigenvalue weighted by Crippen LogP contribution is 2.32. The summed E-state index contributed by atoms with van der Waals surface area (Å²) in [4.78, 5) is 12.1. The van der Waals surface area contributed by atoms with Crippen molar-refractivity contribution in [1.82, 2.24) is 5.16 Å². The zero-order valence-electron chi connectivity index (χ0n) is 11.9. The molecule has 7 nitrogen and oxygen atoms in total. The van der Waals surface area contributed by atoms with Gasteiger partial charge >= 0.3 is 5.97 Å². The molecule has 1 aliphatic heterocycles. The average molecular weight is 313 g/mol. The van der Waals surface area contributed by atoms with Crippen LogP contribution in [0, 0.1) is 0 Å². The lowest BCUT2D eigenvalue weighted by molar-refractivity contribution is 0.0464. The summed E-state index contributed by atoms with van der Waals surface area (Å²) in [6.45, 7) is 0.153. The Morgan fingerprint density at radius 1 is 1.13 bits per heavy atom. The summed E-state index contributed by atoms with van der Waals surface area (Å²) in [6, 6.07) is 10.0. The highest BCUT2D eigenvalue weighted by atomic mass is 16.7. The molecule has 0 bridgehead atoms. The minimum Gasteiger partial charge on any atom is -0.461 e. The Hall–Kier alpha value is -3.22. The molecule has 0 unspecified atom stereocenters. The molecule has 4 rings (SSSR count). The van der Waals surface area contributed by atoms with Crippen molar-refractivity contribution in [3.8, 4) is 23.0 Å². The number of carbonyl (C=O) groups is 1. The number of fused-ring (bicyclic) bond motifs is 1. The zero-order valence-corrected chi connectivity index (χ0v) is 11.9. The largest absolute Gasteiger partial charge is 0.461 e. The molecule has 0 radical (unpaired) electrons. The van der Waals surface area contributed by atoms with Gasteiger partial charge in [0.15, 0.2) is 17.3 Å². The first kappa shape index (κ1) is 13.4. The van der Waals surface area contributed by atoms with E-state index in [0.717, 1.165) is 0 Å². The summed E-state index contributed by atoms with van der Waals surface area (Å²) in [5.41, 5.74) is 0.870. The van der Waals surface area contributed by atoms with E-state index >= 15 is 0 Å². The van der Waals surface area contributed by atoms with Crippen molar-refractivity contribution in [3.63, 3.8) is 0 Å². The quantitative estimate of drug-likeness (QED) is 0.684. The number of ether oxygens (including phenoxy) is 3. The lowest BCUT2D eigenvalue weighted by Gasteiger charge is -2.03. The lowest BCUT2D eigenvalue weighted by Crippen LogP contribution is -2.05. The number of furan rings is 1. The molecule has 0 fully saturated rings. The number of benzene rings is 1. The monoisotopic (exact) mass is 313 g/mol. The van der Waals surface area contributed by atoms with Crippen LogP contribution in [-0.2, 0) is 11.3 Å². The lowest BCUT2D eigenvalue weighted by atomic mass is 10.2. The van der Waals surface area contributed by atoms with Crippen LogP contribution in [0.3, 0.4) is 0 Å². The number of aromatic nitrogens is 1. The van der Waals surface area contributed by atoms with Crippen molar-refractivity contribution in [1.29, 1.82) is 0 Å². The number of hydrogen-bond acceptors (Lipinski definition) is 7. The molecule has 3 aromatic rings. The number of rotatable bonds is 4. The van der Waals surface area contributed by atoms with E-state index in [1.807, 2.05) is 0 Å². The third kappa shape index (κ3) is 2.64. The van der Waals surface area contributed by atoms with E-state index in [-0.39, 0.29) is 13.4 Å². The Bertz CT molecular complexity index is 836. The minimum atomic E-state index is -0.481. The van der Waals surface area contributed by atoms with Gasteiger partial charge in [0.25, 0.3) is 0 Å². The van der Waals surface area contributed by atoms with Crippen LogP contribution in [0.25, 0.3) is 11.5 Å². The standard InChI is InChI=1S/C16H11NO6/c18-16(10-3-4-13-14(6-10)22-9-21-13)20-8-11-7-15(23-17-11)12-2-1-5-19-12/h1-7H,8-9H2. The van der Waals surface area contributed by atoms with Crippen LogP contribution in [0.1, 0.15) is 16.1 Å². The van der Waals surface area contributed by atoms with Crippen LogP contribution in [0.15, 0.2) is 51.6 Å². The summed E-state index contributed by atoms with van der Waals surface area (Å²) in [5, 5.41) is 3.84. The zero-order chi connectivity index (χ0) is 15.6. The highest BCUT2D eigenvalue weighted by molar-refractivity contribution is 5.90. The van der Waals surface area contributed by atoms with Crippen molar-refractivity contribution in [2.24, 2.45) is 0 Å². The van der Waals surface area contributed by atoms with E-state index in [4.69, 9.17) is 23.2 Å². The molecular formula is C16H11NO6. The number of hydrogen-bond donors (Lipinski definition) is 0. The molecule has 1 aliphatic rings. The molecule has 3 heterocycles. The van der Waals surface area contributed by atoms with Gasteiger partial charge in [-0.1, -0.05) is 5.16 Å². The molecule has 2 aromatic heterocycles. The highest BCUT2D eigenvalue weighted by Gasteiger charge is 2.17. The molecule has 0 amide bonds. The maximum Gasteiger partial charge on any atom is 0.338 e. The van der Waals surface area contributed by atoms with Crippen LogP contribution in [0.2, 0.25) is 0 Å². The Balaban J connectivity index is 1.42. The first-order valence-electron chi connectivity index (χ1n) is 6.86. The van der Waals surface area contributed by atoms with Crippen LogP contribution < -0.4 is 9.47 Å². The van der Waals surface area contributed by atoms with Gasteiger partial charge in [0, 0.05) is 6.07 Å². The van der Waals surface area contributed by atoms with Crippen LogP contribution in [-0.4, -0.2) is 17.9 Å². The van der Waals surface area contributed by atoms with Crippen molar-refractivity contribution in [2.45, 2.75) is 6.61 Å². The second-order valence-corrected chi connectivity index (χ2v) is 4.80. The maximum absolute atomic E-state index is 12.1. The van der Waals surface area contributed by atoms with E-state index in [0.29, 0.717) is 34.3 Å². The minimum absolute atomic E-state index is 0.00250. The predicted octanol–water partition coefficient (Wildman–Crippen LogP) is 3.02. The summed E-state index contributed by atoms with van der Waals surface area (Å²) >= 11 is 0. The Morgan fingerprint density at radius 3 is 2.91 bits per heavy atom. The second-order valence-electron chi connectivity index (χ2n) is 4.80. The van der Waals surface area contributed by atoms with Gasteiger partial charge in [0.2, 0.25) is 12.6 Å². The van der Waals surface area contributed by atoms with E-state index in [2.05, 4.69) is 5.16 Å². The van der Waals surface area contributed by atoms with Crippen LogP contribution >= 0.6 is 0 Å². The van der Waals surface area contributed by atoms with Crippen LogP contribution in [0.4, 0.5) is 0 Å². The molecule has 0 atom stereocenters. The van der Waals surface area contributed by atoms with Gasteiger partial charge in [0.1, 0.15) is 12.3 Å². The molecule has 116 valence electrons. The Labute approximate surface area is 130 Å².